The Kier molecular flexibility index (Phi) is 4.43. The van der Waals surface area contributed by atoms with Gasteiger partial charge in [-0.05, 0) is 29.8 Å². The van der Waals surface area contributed by atoms with E-state index < -0.39 is 0 Å². The molecule has 4 rings (SSSR count). The molecule has 0 spiro atoms. The highest BCUT2D eigenvalue weighted by Gasteiger charge is 2.19. The van der Waals surface area contributed by atoms with Gasteiger partial charge in [0.25, 0.3) is 0 Å². The number of hydrogen-bond acceptors (Lipinski definition) is 6. The number of nitrogens with zero attached hydrogens (tertiary/aromatic N) is 4. The quantitative estimate of drug-likeness (QED) is 0.175. The van der Waals surface area contributed by atoms with Crippen molar-refractivity contribution in [3.63, 3.8) is 0 Å². The average molecular weight is 370 g/mol. The molecule has 1 heterocycles. The van der Waals surface area contributed by atoms with E-state index in [9.17, 15) is 4.79 Å². The SMILES string of the molecule is N=NN=c1ccc2c(-c3ccccc3C=O)c3ccc(N=NN)cc3oc-2c1. The third-order valence-corrected chi connectivity index (χ3v) is 4.38. The lowest BCUT2D eigenvalue weighted by atomic mass is 9.91. The number of carbonyl (C=O) groups is 1. The molecule has 0 aromatic heterocycles. The standard InChI is InChI=1S/C20H14N6O2/c21-25-23-13-5-7-16-18(9-13)28-19-10-14(24-26-22)6-8-17(19)20(16)15-4-2-1-3-12(15)11-27/h1-11,21H,(H2,22,24). The first-order chi connectivity index (χ1) is 13.7. The van der Waals surface area contributed by atoms with Crippen molar-refractivity contribution >= 4 is 22.9 Å². The van der Waals surface area contributed by atoms with Crippen molar-refractivity contribution < 1.29 is 9.21 Å². The number of benzene rings is 3. The molecular weight excluding hydrogens is 356 g/mol. The van der Waals surface area contributed by atoms with E-state index >= 15 is 0 Å². The Balaban J connectivity index is 2.16. The summed E-state index contributed by atoms with van der Waals surface area (Å²) in [4.78, 5) is 11.6. The average Bonchev–Trinajstić information content (AvgIpc) is 2.72. The van der Waals surface area contributed by atoms with Crippen LogP contribution in [0.25, 0.3) is 33.4 Å². The monoisotopic (exact) mass is 370 g/mol. The molecule has 0 amide bonds. The Morgan fingerprint density at radius 3 is 2.64 bits per heavy atom. The van der Waals surface area contributed by atoms with Crippen molar-refractivity contribution in [3.8, 4) is 22.5 Å². The molecule has 8 heteroatoms. The maximum absolute atomic E-state index is 11.6. The van der Waals surface area contributed by atoms with E-state index in [4.69, 9.17) is 15.8 Å². The van der Waals surface area contributed by atoms with Crippen LogP contribution in [0.3, 0.4) is 0 Å². The van der Waals surface area contributed by atoms with E-state index in [1.165, 1.54) is 0 Å². The molecule has 2 aromatic rings. The summed E-state index contributed by atoms with van der Waals surface area (Å²) in [6.45, 7) is 0. The second kappa shape index (κ2) is 7.20. The second-order valence-electron chi connectivity index (χ2n) is 5.96. The molecule has 0 radical (unpaired) electrons. The van der Waals surface area contributed by atoms with Crippen LogP contribution in [0.15, 0.2) is 85.7 Å². The smallest absolute Gasteiger partial charge is 0.150 e. The Bertz CT molecular complexity index is 1280. The fraction of sp³-hybridized carbons (Fsp3) is 0. The summed E-state index contributed by atoms with van der Waals surface area (Å²) in [6.07, 6.45) is 0.830. The van der Waals surface area contributed by atoms with Gasteiger partial charge in [-0.1, -0.05) is 34.7 Å². The maximum atomic E-state index is 11.6. The van der Waals surface area contributed by atoms with E-state index in [1.54, 1.807) is 30.3 Å². The van der Waals surface area contributed by atoms with Gasteiger partial charge in [0.15, 0.2) is 6.29 Å². The van der Waals surface area contributed by atoms with Crippen molar-refractivity contribution in [3.05, 3.63) is 71.6 Å². The highest BCUT2D eigenvalue weighted by atomic mass is 16.3. The number of fused-ring (bicyclic) bond motifs is 2. The lowest BCUT2D eigenvalue weighted by molar-refractivity contribution is 0.112. The fourth-order valence-electron chi connectivity index (χ4n) is 3.23. The van der Waals surface area contributed by atoms with Crippen molar-refractivity contribution in [2.75, 3.05) is 0 Å². The van der Waals surface area contributed by atoms with Gasteiger partial charge in [-0.15, -0.1) is 10.2 Å². The van der Waals surface area contributed by atoms with Gasteiger partial charge in [0.05, 0.1) is 11.0 Å². The van der Waals surface area contributed by atoms with Gasteiger partial charge >= 0.3 is 0 Å². The Morgan fingerprint density at radius 2 is 1.86 bits per heavy atom. The van der Waals surface area contributed by atoms with E-state index in [1.807, 2.05) is 30.3 Å². The van der Waals surface area contributed by atoms with Crippen molar-refractivity contribution in [1.29, 1.82) is 5.53 Å². The summed E-state index contributed by atoms with van der Waals surface area (Å²) in [7, 11) is 0. The van der Waals surface area contributed by atoms with Gasteiger partial charge in [0.2, 0.25) is 0 Å². The Labute approximate surface area is 158 Å². The third kappa shape index (κ3) is 2.92. The highest BCUT2D eigenvalue weighted by molar-refractivity contribution is 6.05. The molecular formula is C20H14N6O2. The van der Waals surface area contributed by atoms with Crippen molar-refractivity contribution in [2.45, 2.75) is 0 Å². The first-order valence-electron chi connectivity index (χ1n) is 8.32. The molecule has 8 nitrogen and oxygen atoms in total. The summed E-state index contributed by atoms with van der Waals surface area (Å²) >= 11 is 0. The summed E-state index contributed by atoms with van der Waals surface area (Å²) in [5.41, 5.74) is 11.0. The van der Waals surface area contributed by atoms with Crippen LogP contribution in [0.1, 0.15) is 10.4 Å². The minimum atomic E-state index is 0.484. The molecule has 1 aliphatic heterocycles. The van der Waals surface area contributed by atoms with E-state index in [0.717, 1.165) is 28.4 Å². The first kappa shape index (κ1) is 17.2. The number of rotatable bonds is 4. The van der Waals surface area contributed by atoms with Gasteiger partial charge < -0.3 is 10.3 Å². The van der Waals surface area contributed by atoms with Gasteiger partial charge in [0, 0.05) is 34.2 Å². The van der Waals surface area contributed by atoms with Crippen LogP contribution in [0.5, 0.6) is 0 Å². The summed E-state index contributed by atoms with van der Waals surface area (Å²) < 4.78 is 6.06. The van der Waals surface area contributed by atoms with Crippen LogP contribution in [0, 0.1) is 5.53 Å². The lowest BCUT2D eigenvalue weighted by Gasteiger charge is -2.16. The van der Waals surface area contributed by atoms with E-state index in [0.29, 0.717) is 28.0 Å². The number of hydrogen-bond donors (Lipinski definition) is 2. The zero-order valence-corrected chi connectivity index (χ0v) is 14.5. The van der Waals surface area contributed by atoms with Crippen molar-refractivity contribution in [2.24, 2.45) is 26.5 Å². The van der Waals surface area contributed by atoms with Gasteiger partial charge in [-0.2, -0.15) is 5.53 Å². The summed E-state index contributed by atoms with van der Waals surface area (Å²) in [5.74, 6) is 5.69. The normalized spacial score (nSPS) is 12.1. The molecule has 1 aliphatic carbocycles. The molecule has 0 fully saturated rings. The zero-order chi connectivity index (χ0) is 19.5. The molecule has 3 N–H and O–H groups in total. The number of aldehydes is 1. The molecule has 0 unspecified atom stereocenters. The predicted octanol–water partition coefficient (Wildman–Crippen LogP) is 4.82. The van der Waals surface area contributed by atoms with Crippen LogP contribution >= 0.6 is 0 Å². The van der Waals surface area contributed by atoms with E-state index in [-0.39, 0.29) is 0 Å². The zero-order valence-electron chi connectivity index (χ0n) is 14.5. The topological polar surface area (TPSA) is 130 Å². The minimum absolute atomic E-state index is 0.484. The summed E-state index contributed by atoms with van der Waals surface area (Å²) in [5, 5.41) is 15.3. The molecule has 2 aliphatic rings. The van der Waals surface area contributed by atoms with Crippen LogP contribution in [0.2, 0.25) is 0 Å². The van der Waals surface area contributed by atoms with Crippen LogP contribution in [-0.4, -0.2) is 6.29 Å². The Morgan fingerprint density at radius 1 is 1.00 bits per heavy atom. The maximum Gasteiger partial charge on any atom is 0.150 e. The van der Waals surface area contributed by atoms with Crippen LogP contribution in [0.4, 0.5) is 5.69 Å². The van der Waals surface area contributed by atoms with Crippen LogP contribution < -0.4 is 11.2 Å². The molecule has 0 atom stereocenters. The first-order valence-corrected chi connectivity index (χ1v) is 8.32. The fourth-order valence-corrected chi connectivity index (χ4v) is 3.23. The molecule has 0 bridgehead atoms. The number of carbonyl (C=O) groups excluding carboxylic acids is 1. The van der Waals surface area contributed by atoms with Gasteiger partial charge in [-0.3, -0.25) is 4.79 Å². The minimum Gasteiger partial charge on any atom is -0.456 e. The number of nitrogens with one attached hydrogen (secondary N) is 1. The molecule has 2 aromatic carbocycles. The summed E-state index contributed by atoms with van der Waals surface area (Å²) in [6, 6.07) is 18.0. The molecule has 28 heavy (non-hydrogen) atoms. The largest absolute Gasteiger partial charge is 0.456 e. The van der Waals surface area contributed by atoms with Gasteiger partial charge in [-0.25, -0.2) is 0 Å². The van der Waals surface area contributed by atoms with Crippen LogP contribution in [-0.2, 0) is 0 Å². The Hall–Kier alpha value is -4.20. The second-order valence-corrected chi connectivity index (χ2v) is 5.96. The third-order valence-electron chi connectivity index (χ3n) is 4.38. The molecule has 136 valence electrons. The molecule has 0 saturated carbocycles. The van der Waals surface area contributed by atoms with Gasteiger partial charge in [0.1, 0.15) is 11.3 Å². The number of nitrogens with two attached hydrogens (primary N) is 1. The highest BCUT2D eigenvalue weighted by Crippen LogP contribution is 2.41. The molecule has 0 saturated heterocycles. The van der Waals surface area contributed by atoms with Crippen molar-refractivity contribution in [1.82, 2.24) is 0 Å². The lowest BCUT2D eigenvalue weighted by Crippen LogP contribution is -2.02. The predicted molar refractivity (Wildman–Crippen MR) is 103 cm³/mol. The van der Waals surface area contributed by atoms with E-state index in [2.05, 4.69) is 20.7 Å².